The zero-order chi connectivity index (χ0) is 16.3. The number of aromatic nitrogens is 1. The molecule has 0 atom stereocenters. The van der Waals surface area contributed by atoms with Crippen molar-refractivity contribution in [2.45, 2.75) is 58.9 Å². The second kappa shape index (κ2) is 6.90. The van der Waals surface area contributed by atoms with E-state index < -0.39 is 5.97 Å². The molecule has 0 amide bonds. The van der Waals surface area contributed by atoms with Gasteiger partial charge in [-0.15, -0.1) is 0 Å². The van der Waals surface area contributed by atoms with Gasteiger partial charge in [0.1, 0.15) is 5.56 Å². The largest absolute Gasteiger partial charge is 0.462 e. The van der Waals surface area contributed by atoms with Crippen molar-refractivity contribution in [3.63, 3.8) is 0 Å². The fraction of sp³-hybridized carbons (Fsp3) is 0.588. The molecule has 22 heavy (non-hydrogen) atoms. The molecule has 5 heteroatoms. The maximum atomic E-state index is 12.7. The second-order valence-electron chi connectivity index (χ2n) is 5.80. The van der Waals surface area contributed by atoms with Crippen molar-refractivity contribution in [2.75, 3.05) is 6.61 Å². The van der Waals surface area contributed by atoms with Gasteiger partial charge in [0.05, 0.1) is 6.61 Å². The predicted molar refractivity (Wildman–Crippen MR) is 83.5 cm³/mol. The number of rotatable bonds is 4. The summed E-state index contributed by atoms with van der Waals surface area (Å²) in [4.78, 5) is 36.6. The van der Waals surface area contributed by atoms with E-state index in [-0.39, 0.29) is 29.6 Å². The Morgan fingerprint density at radius 1 is 1.23 bits per heavy atom. The summed E-state index contributed by atoms with van der Waals surface area (Å²) < 4.78 is 6.60. The van der Waals surface area contributed by atoms with Crippen molar-refractivity contribution in [1.82, 2.24) is 4.57 Å². The standard InChI is InChI=1S/C17H23NO4/c1-4-22-17(21)15-10-14(12(3)19)11(2)18(16(15)20)13-8-6-5-7-9-13/h10,13H,4-9H2,1-3H3. The van der Waals surface area contributed by atoms with Crippen LogP contribution in [-0.2, 0) is 4.74 Å². The zero-order valence-corrected chi connectivity index (χ0v) is 13.5. The van der Waals surface area contributed by atoms with Gasteiger partial charge in [0.2, 0.25) is 0 Å². The molecule has 0 aromatic carbocycles. The third kappa shape index (κ3) is 3.13. The van der Waals surface area contributed by atoms with Crippen molar-refractivity contribution in [2.24, 2.45) is 0 Å². The molecule has 5 nitrogen and oxygen atoms in total. The van der Waals surface area contributed by atoms with Gasteiger partial charge in [0.15, 0.2) is 5.78 Å². The van der Waals surface area contributed by atoms with E-state index in [0.717, 1.165) is 25.7 Å². The van der Waals surface area contributed by atoms with Crippen LogP contribution in [0.25, 0.3) is 0 Å². The highest BCUT2D eigenvalue weighted by Gasteiger charge is 2.25. The Morgan fingerprint density at radius 2 is 1.86 bits per heavy atom. The highest BCUT2D eigenvalue weighted by atomic mass is 16.5. The third-order valence-corrected chi connectivity index (χ3v) is 4.30. The van der Waals surface area contributed by atoms with Gasteiger partial charge in [-0.2, -0.15) is 0 Å². The minimum atomic E-state index is -0.653. The Bertz CT molecular complexity index is 639. The van der Waals surface area contributed by atoms with Gasteiger partial charge in [-0.1, -0.05) is 19.3 Å². The summed E-state index contributed by atoms with van der Waals surface area (Å²) in [5.74, 6) is -0.799. The Labute approximate surface area is 130 Å². The Kier molecular flexibility index (Phi) is 5.16. The molecule has 0 saturated heterocycles. The SMILES string of the molecule is CCOC(=O)c1cc(C(C)=O)c(C)n(C2CCCCC2)c1=O. The third-order valence-electron chi connectivity index (χ3n) is 4.30. The molecule has 0 spiro atoms. The molecule has 1 aromatic heterocycles. The van der Waals surface area contributed by atoms with Crippen molar-refractivity contribution in [3.05, 3.63) is 33.2 Å². The van der Waals surface area contributed by atoms with Gasteiger partial charge in [-0.25, -0.2) is 4.79 Å². The van der Waals surface area contributed by atoms with Crippen LogP contribution in [0.5, 0.6) is 0 Å². The summed E-state index contributed by atoms with van der Waals surface area (Å²) >= 11 is 0. The number of ether oxygens (including phenoxy) is 1. The van der Waals surface area contributed by atoms with Crippen LogP contribution in [0.4, 0.5) is 0 Å². The predicted octanol–water partition coefficient (Wildman–Crippen LogP) is 3.04. The summed E-state index contributed by atoms with van der Waals surface area (Å²) in [5.41, 5.74) is 0.696. The van der Waals surface area contributed by atoms with E-state index in [4.69, 9.17) is 4.74 Å². The topological polar surface area (TPSA) is 65.4 Å². The Balaban J connectivity index is 2.61. The lowest BCUT2D eigenvalue weighted by molar-refractivity contribution is 0.0523. The monoisotopic (exact) mass is 305 g/mol. The number of carbonyl (C=O) groups excluding carboxylic acids is 2. The number of hydrogen-bond acceptors (Lipinski definition) is 4. The molecule has 1 fully saturated rings. The zero-order valence-electron chi connectivity index (χ0n) is 13.5. The van der Waals surface area contributed by atoms with Gasteiger partial charge in [-0.3, -0.25) is 9.59 Å². The molecule has 120 valence electrons. The number of esters is 1. The van der Waals surface area contributed by atoms with Gasteiger partial charge in [0, 0.05) is 17.3 Å². The minimum absolute atomic E-state index is 0.0387. The van der Waals surface area contributed by atoms with Crippen molar-refractivity contribution in [1.29, 1.82) is 0 Å². The number of carbonyl (C=O) groups is 2. The molecular weight excluding hydrogens is 282 g/mol. The highest BCUT2D eigenvalue weighted by Crippen LogP contribution is 2.29. The number of hydrogen-bond donors (Lipinski definition) is 0. The molecule has 1 aromatic rings. The smallest absolute Gasteiger partial charge is 0.343 e. The maximum Gasteiger partial charge on any atom is 0.343 e. The minimum Gasteiger partial charge on any atom is -0.462 e. The summed E-state index contributed by atoms with van der Waals surface area (Å²) in [6.45, 7) is 5.12. The average molecular weight is 305 g/mol. The Hall–Kier alpha value is -1.91. The lowest BCUT2D eigenvalue weighted by Gasteiger charge is -2.27. The summed E-state index contributed by atoms with van der Waals surface area (Å²) in [6.07, 6.45) is 5.11. The van der Waals surface area contributed by atoms with Gasteiger partial charge in [-0.05, 0) is 39.7 Å². The first-order chi connectivity index (χ1) is 10.5. The van der Waals surface area contributed by atoms with E-state index in [0.29, 0.717) is 11.3 Å². The molecule has 0 radical (unpaired) electrons. The lowest BCUT2D eigenvalue weighted by atomic mass is 9.94. The lowest BCUT2D eigenvalue weighted by Crippen LogP contribution is -2.34. The molecular formula is C17H23NO4. The molecule has 2 rings (SSSR count). The maximum absolute atomic E-state index is 12.7. The van der Waals surface area contributed by atoms with Gasteiger partial charge >= 0.3 is 5.97 Å². The number of Topliss-reactive ketones (excluding diaryl/α,β-unsaturated/α-hetero) is 1. The second-order valence-corrected chi connectivity index (χ2v) is 5.80. The van der Waals surface area contributed by atoms with E-state index >= 15 is 0 Å². The molecule has 0 N–H and O–H groups in total. The van der Waals surface area contributed by atoms with Gasteiger partial charge < -0.3 is 9.30 Å². The molecule has 1 saturated carbocycles. The van der Waals surface area contributed by atoms with E-state index in [9.17, 15) is 14.4 Å². The molecule has 0 unspecified atom stereocenters. The number of pyridine rings is 1. The first kappa shape index (κ1) is 16.5. The fourth-order valence-corrected chi connectivity index (χ4v) is 3.21. The van der Waals surface area contributed by atoms with Crippen LogP contribution < -0.4 is 5.56 Å². The highest BCUT2D eigenvalue weighted by molar-refractivity contribution is 5.98. The van der Waals surface area contributed by atoms with E-state index in [2.05, 4.69) is 0 Å². The van der Waals surface area contributed by atoms with Crippen LogP contribution in [0.1, 0.15) is 78.4 Å². The van der Waals surface area contributed by atoms with Crippen molar-refractivity contribution >= 4 is 11.8 Å². The first-order valence-electron chi connectivity index (χ1n) is 7.91. The van der Waals surface area contributed by atoms with Gasteiger partial charge in [0.25, 0.3) is 5.56 Å². The number of ketones is 1. The van der Waals surface area contributed by atoms with Crippen LogP contribution in [0.2, 0.25) is 0 Å². The van der Waals surface area contributed by atoms with Crippen LogP contribution in [-0.4, -0.2) is 22.9 Å². The Morgan fingerprint density at radius 3 is 2.41 bits per heavy atom. The summed E-state index contributed by atoms with van der Waals surface area (Å²) in [6, 6.07) is 1.45. The summed E-state index contributed by atoms with van der Waals surface area (Å²) in [5, 5.41) is 0. The van der Waals surface area contributed by atoms with Crippen LogP contribution in [0, 0.1) is 6.92 Å². The van der Waals surface area contributed by atoms with Crippen LogP contribution in [0.3, 0.4) is 0 Å². The molecule has 0 aliphatic heterocycles. The first-order valence-corrected chi connectivity index (χ1v) is 7.91. The average Bonchev–Trinajstić information content (AvgIpc) is 2.48. The normalized spacial score (nSPS) is 15.6. The molecule has 1 aliphatic carbocycles. The molecule has 0 bridgehead atoms. The van der Waals surface area contributed by atoms with E-state index in [1.807, 2.05) is 0 Å². The van der Waals surface area contributed by atoms with Crippen molar-refractivity contribution in [3.8, 4) is 0 Å². The number of nitrogens with zero attached hydrogens (tertiary/aromatic N) is 1. The van der Waals surface area contributed by atoms with E-state index in [1.165, 1.54) is 19.4 Å². The summed E-state index contributed by atoms with van der Waals surface area (Å²) in [7, 11) is 0. The van der Waals surface area contributed by atoms with Crippen molar-refractivity contribution < 1.29 is 14.3 Å². The van der Waals surface area contributed by atoms with Crippen LogP contribution in [0.15, 0.2) is 10.9 Å². The van der Waals surface area contributed by atoms with Crippen LogP contribution >= 0.6 is 0 Å². The molecule has 1 heterocycles. The fourth-order valence-electron chi connectivity index (χ4n) is 3.21. The quantitative estimate of drug-likeness (QED) is 0.633. The van der Waals surface area contributed by atoms with E-state index in [1.54, 1.807) is 18.4 Å². The molecule has 1 aliphatic rings.